The van der Waals surface area contributed by atoms with E-state index in [9.17, 15) is 0 Å². The Bertz CT molecular complexity index is 2370. The van der Waals surface area contributed by atoms with Gasteiger partial charge >= 0.3 is 0 Å². The van der Waals surface area contributed by atoms with Gasteiger partial charge in [-0.2, -0.15) is 0 Å². The molecule has 0 spiro atoms. The van der Waals surface area contributed by atoms with Crippen LogP contribution < -0.4 is 0 Å². The van der Waals surface area contributed by atoms with Gasteiger partial charge in [0.2, 0.25) is 0 Å². The predicted octanol–water partition coefficient (Wildman–Crippen LogP) is 9.22. The summed E-state index contributed by atoms with van der Waals surface area (Å²) >= 11 is 0. The summed E-state index contributed by atoms with van der Waals surface area (Å²) in [7, 11) is 0. The van der Waals surface area contributed by atoms with Crippen LogP contribution in [0.15, 0.2) is 97.1 Å². The van der Waals surface area contributed by atoms with Crippen LogP contribution >= 0.6 is 0 Å². The maximum absolute atomic E-state index is 4.90. The van der Waals surface area contributed by atoms with E-state index < -0.39 is 0 Å². The van der Waals surface area contributed by atoms with E-state index in [1.165, 1.54) is 37.9 Å². The highest BCUT2D eigenvalue weighted by Crippen LogP contribution is 2.40. The average molecular weight is 511 g/mol. The summed E-state index contributed by atoms with van der Waals surface area (Å²) in [5, 5.41) is 7.70. The minimum atomic E-state index is 0.915. The first-order valence-corrected chi connectivity index (χ1v) is 13.5. The second-order valence-electron chi connectivity index (χ2n) is 10.6. The number of rotatable bonds is 1. The number of hydrogen-bond acceptors (Lipinski definition) is 2. The van der Waals surface area contributed by atoms with E-state index in [0.29, 0.717) is 0 Å². The van der Waals surface area contributed by atoms with E-state index in [0.717, 1.165) is 50.4 Å². The Labute approximate surface area is 229 Å². The van der Waals surface area contributed by atoms with Crippen LogP contribution in [0.4, 0.5) is 0 Å². The van der Waals surface area contributed by atoms with Crippen LogP contribution in [0.5, 0.6) is 0 Å². The highest BCUT2D eigenvalue weighted by molar-refractivity contribution is 6.25. The summed E-state index contributed by atoms with van der Waals surface area (Å²) in [5.74, 6) is 0. The van der Waals surface area contributed by atoms with Gasteiger partial charge in [0, 0.05) is 27.6 Å². The molecule has 4 nitrogen and oxygen atoms in total. The van der Waals surface area contributed by atoms with Crippen molar-refractivity contribution in [3.8, 4) is 11.1 Å². The van der Waals surface area contributed by atoms with Crippen molar-refractivity contribution in [1.29, 1.82) is 0 Å². The van der Waals surface area contributed by atoms with E-state index in [1.54, 1.807) is 0 Å². The van der Waals surface area contributed by atoms with Gasteiger partial charge in [-0.1, -0.05) is 54.6 Å². The van der Waals surface area contributed by atoms with Crippen LogP contribution in [0.1, 0.15) is 22.8 Å². The fourth-order valence-electron chi connectivity index (χ4n) is 6.21. The molecule has 0 fully saturated rings. The lowest BCUT2D eigenvalue weighted by Crippen LogP contribution is -1.86. The number of hydrogen-bond donors (Lipinski definition) is 2. The molecule has 8 bridgehead atoms. The molecular formula is C36H22N4. The Morgan fingerprint density at radius 1 is 0.425 bits per heavy atom. The second kappa shape index (κ2) is 8.01. The van der Waals surface area contributed by atoms with E-state index in [-0.39, 0.29) is 0 Å². The van der Waals surface area contributed by atoms with Crippen molar-refractivity contribution in [3.05, 3.63) is 120 Å². The third-order valence-corrected chi connectivity index (χ3v) is 7.99. The maximum atomic E-state index is 4.90. The Morgan fingerprint density at radius 3 is 1.70 bits per heavy atom. The normalized spacial score (nSPS) is 12.8. The van der Waals surface area contributed by atoms with Gasteiger partial charge in [-0.05, 0) is 105 Å². The molecule has 0 saturated carbocycles. The van der Waals surface area contributed by atoms with Crippen molar-refractivity contribution < 1.29 is 0 Å². The van der Waals surface area contributed by atoms with Gasteiger partial charge in [0.05, 0.1) is 22.8 Å². The zero-order valence-electron chi connectivity index (χ0n) is 21.4. The van der Waals surface area contributed by atoms with Gasteiger partial charge < -0.3 is 9.97 Å². The number of fused-ring (bicyclic) bond motifs is 8. The first-order chi connectivity index (χ1) is 19.7. The van der Waals surface area contributed by atoms with Gasteiger partial charge in [-0.15, -0.1) is 0 Å². The third kappa shape index (κ3) is 3.33. The van der Waals surface area contributed by atoms with E-state index in [1.807, 2.05) is 0 Å². The van der Waals surface area contributed by atoms with Crippen LogP contribution in [0.3, 0.4) is 0 Å². The fraction of sp³-hybridized carbons (Fsp3) is 0. The molecular weight excluding hydrogens is 488 g/mol. The molecule has 0 amide bonds. The minimum Gasteiger partial charge on any atom is -0.355 e. The van der Waals surface area contributed by atoms with Gasteiger partial charge in [0.1, 0.15) is 0 Å². The quantitative estimate of drug-likeness (QED) is 0.216. The number of aromatic amines is 2. The van der Waals surface area contributed by atoms with Crippen LogP contribution in [0, 0.1) is 0 Å². The number of aromatic nitrogens is 4. The van der Waals surface area contributed by atoms with Crippen LogP contribution in [-0.2, 0) is 0 Å². The molecule has 4 heteroatoms. The molecule has 4 aromatic carbocycles. The van der Waals surface area contributed by atoms with Crippen LogP contribution in [0.25, 0.3) is 89.8 Å². The highest BCUT2D eigenvalue weighted by atomic mass is 14.8. The smallest absolute Gasteiger partial charge is 0.0658 e. The zero-order chi connectivity index (χ0) is 26.2. The average Bonchev–Trinajstić information content (AvgIpc) is 3.77. The summed E-state index contributed by atoms with van der Waals surface area (Å²) in [6, 6.07) is 34.8. The summed E-state index contributed by atoms with van der Waals surface area (Å²) in [6.45, 7) is 0. The van der Waals surface area contributed by atoms with Gasteiger partial charge in [0.25, 0.3) is 0 Å². The van der Waals surface area contributed by atoms with Crippen molar-refractivity contribution in [2.45, 2.75) is 0 Å². The molecule has 0 saturated heterocycles. The Balaban J connectivity index is 1.37. The van der Waals surface area contributed by atoms with Crippen molar-refractivity contribution >= 4 is 78.7 Å². The lowest BCUT2D eigenvalue weighted by molar-refractivity contribution is 1.31. The molecule has 0 unspecified atom stereocenters. The standard InChI is InChI=1S/C36H22N4/c1-2-21-4-5-23-6-14-31(32-15-7-22(3-1)35(21)36(23)32)33-19-30-18-28-11-10-26(38-28)16-24-8-9-25(37-24)17-27-12-13-29(39-27)20-34(33)40-30/h1-20,37,40H. The van der Waals surface area contributed by atoms with Crippen molar-refractivity contribution in [1.82, 2.24) is 19.9 Å². The molecule has 2 aliphatic rings. The van der Waals surface area contributed by atoms with E-state index in [2.05, 4.69) is 131 Å². The molecule has 3 aromatic heterocycles. The molecule has 9 rings (SSSR count). The molecule has 2 aliphatic heterocycles. The first-order valence-electron chi connectivity index (χ1n) is 13.5. The molecule has 0 radical (unpaired) electrons. The zero-order valence-corrected chi connectivity index (χ0v) is 21.4. The topological polar surface area (TPSA) is 57.4 Å². The SMILES string of the molecule is C1=Cc2cc3cc(-c4ccc5ccc6cccc7ccc4c5c67)c(cc4nc(cc5ccc(cc1n2)[nH]5)C=C4)[nH]3. The van der Waals surface area contributed by atoms with Crippen LogP contribution in [-0.4, -0.2) is 19.9 Å². The van der Waals surface area contributed by atoms with Crippen molar-refractivity contribution in [3.63, 3.8) is 0 Å². The molecule has 7 aromatic rings. The molecule has 0 aliphatic carbocycles. The van der Waals surface area contributed by atoms with E-state index >= 15 is 0 Å². The van der Waals surface area contributed by atoms with Crippen molar-refractivity contribution in [2.24, 2.45) is 0 Å². The Morgan fingerprint density at radius 2 is 1.00 bits per heavy atom. The summed E-state index contributed by atoms with van der Waals surface area (Å²) < 4.78 is 0. The number of benzene rings is 4. The lowest BCUT2D eigenvalue weighted by atomic mass is 9.90. The van der Waals surface area contributed by atoms with E-state index in [4.69, 9.17) is 9.97 Å². The Hall–Kier alpha value is -5.48. The molecule has 0 atom stereocenters. The molecule has 5 heterocycles. The highest BCUT2D eigenvalue weighted by Gasteiger charge is 2.14. The van der Waals surface area contributed by atoms with Gasteiger partial charge in [-0.3, -0.25) is 0 Å². The summed E-state index contributed by atoms with van der Waals surface area (Å²) in [6.07, 6.45) is 8.24. The lowest BCUT2D eigenvalue weighted by Gasteiger charge is -2.13. The third-order valence-electron chi connectivity index (χ3n) is 7.99. The second-order valence-corrected chi connectivity index (χ2v) is 10.6. The van der Waals surface area contributed by atoms with Crippen LogP contribution in [0.2, 0.25) is 0 Å². The van der Waals surface area contributed by atoms with Gasteiger partial charge in [-0.25, -0.2) is 9.97 Å². The first kappa shape index (κ1) is 21.5. The number of H-pyrrole nitrogens is 2. The largest absolute Gasteiger partial charge is 0.355 e. The number of nitrogens with one attached hydrogen (secondary N) is 2. The molecule has 40 heavy (non-hydrogen) atoms. The summed E-state index contributed by atoms with van der Waals surface area (Å²) in [4.78, 5) is 16.9. The molecule has 2 N–H and O–H groups in total. The maximum Gasteiger partial charge on any atom is 0.0658 e. The monoisotopic (exact) mass is 510 g/mol. The van der Waals surface area contributed by atoms with Gasteiger partial charge in [0.15, 0.2) is 0 Å². The summed E-state index contributed by atoms with van der Waals surface area (Å²) in [5.41, 5.74) is 10.1. The molecule has 186 valence electrons. The minimum absolute atomic E-state index is 0.915. The number of nitrogens with zero attached hydrogens (tertiary/aromatic N) is 2. The predicted molar refractivity (Wildman–Crippen MR) is 168 cm³/mol. The fourth-order valence-corrected chi connectivity index (χ4v) is 6.21. The Kier molecular flexibility index (Phi) is 4.30. The van der Waals surface area contributed by atoms with Crippen molar-refractivity contribution in [2.75, 3.05) is 0 Å².